The van der Waals surface area contributed by atoms with Gasteiger partial charge < -0.3 is 14.3 Å². The molecular weight excluding hydrogens is 168 g/mol. The first-order valence-electron chi connectivity index (χ1n) is 4.53. The molecule has 1 heterocycles. The minimum absolute atomic E-state index is 0.170. The number of methoxy groups -OCH3 is 1. The predicted octanol–water partition coefficient (Wildman–Crippen LogP) is 2.13. The number of aliphatic hydroxyl groups is 1. The molecule has 1 rings (SSSR count). The Labute approximate surface area is 78.3 Å². The third kappa shape index (κ3) is 2.57. The summed E-state index contributed by atoms with van der Waals surface area (Å²) < 4.78 is 10.3. The van der Waals surface area contributed by atoms with Crippen molar-refractivity contribution >= 4 is 0 Å². The maximum absolute atomic E-state index is 9.78. The van der Waals surface area contributed by atoms with E-state index in [0.717, 1.165) is 12.8 Å². The van der Waals surface area contributed by atoms with E-state index in [9.17, 15) is 5.11 Å². The van der Waals surface area contributed by atoms with Crippen LogP contribution in [0.4, 0.5) is 0 Å². The Kier molecular flexibility index (Phi) is 3.99. The fraction of sp³-hybridized carbons (Fsp3) is 0.600. The van der Waals surface area contributed by atoms with Crippen molar-refractivity contribution in [3.05, 3.63) is 24.2 Å². The van der Waals surface area contributed by atoms with Crippen LogP contribution in [0.15, 0.2) is 22.8 Å². The maximum Gasteiger partial charge on any atom is 0.138 e. The van der Waals surface area contributed by atoms with Crippen LogP contribution in [0, 0.1) is 0 Å². The van der Waals surface area contributed by atoms with Gasteiger partial charge in [0.05, 0.1) is 12.4 Å². The zero-order chi connectivity index (χ0) is 9.68. The minimum atomic E-state index is -0.653. The van der Waals surface area contributed by atoms with Crippen LogP contribution in [0.2, 0.25) is 0 Å². The van der Waals surface area contributed by atoms with Crippen LogP contribution in [0.5, 0.6) is 0 Å². The van der Waals surface area contributed by atoms with Gasteiger partial charge in [0.15, 0.2) is 0 Å². The van der Waals surface area contributed by atoms with Gasteiger partial charge in [0.1, 0.15) is 11.9 Å². The number of ether oxygens (including phenoxy) is 1. The summed E-state index contributed by atoms with van der Waals surface area (Å²) in [7, 11) is 1.60. The highest BCUT2D eigenvalue weighted by atomic mass is 16.5. The molecule has 0 fully saturated rings. The van der Waals surface area contributed by atoms with Gasteiger partial charge in [0.25, 0.3) is 0 Å². The monoisotopic (exact) mass is 184 g/mol. The lowest BCUT2D eigenvalue weighted by atomic mass is 10.1. The summed E-state index contributed by atoms with van der Waals surface area (Å²) >= 11 is 0. The van der Waals surface area contributed by atoms with Crippen molar-refractivity contribution in [1.29, 1.82) is 0 Å². The number of hydrogen-bond acceptors (Lipinski definition) is 3. The molecule has 0 saturated carbocycles. The number of furan rings is 1. The molecule has 0 spiro atoms. The van der Waals surface area contributed by atoms with Gasteiger partial charge in [-0.1, -0.05) is 13.3 Å². The first-order valence-corrected chi connectivity index (χ1v) is 4.53. The Morgan fingerprint density at radius 3 is 2.85 bits per heavy atom. The van der Waals surface area contributed by atoms with Crippen LogP contribution in [-0.4, -0.2) is 18.3 Å². The second kappa shape index (κ2) is 5.04. The molecule has 74 valence electrons. The minimum Gasteiger partial charge on any atom is -0.466 e. The van der Waals surface area contributed by atoms with E-state index in [1.807, 2.05) is 0 Å². The standard InChI is InChI=1S/C10H16O3/c1-3-5-8(12-2)10(11)9-6-4-7-13-9/h4,6-8,10-11H,3,5H2,1-2H3. The Bertz CT molecular complexity index is 218. The Morgan fingerprint density at radius 2 is 2.38 bits per heavy atom. The second-order valence-corrected chi connectivity index (χ2v) is 3.02. The van der Waals surface area contributed by atoms with Gasteiger partial charge >= 0.3 is 0 Å². The van der Waals surface area contributed by atoms with Crippen LogP contribution in [0.25, 0.3) is 0 Å². The van der Waals surface area contributed by atoms with E-state index < -0.39 is 6.10 Å². The Hall–Kier alpha value is -0.800. The lowest BCUT2D eigenvalue weighted by molar-refractivity contribution is -0.0278. The van der Waals surface area contributed by atoms with Gasteiger partial charge in [-0.2, -0.15) is 0 Å². The summed E-state index contributed by atoms with van der Waals surface area (Å²) in [5.74, 6) is 0.570. The summed E-state index contributed by atoms with van der Waals surface area (Å²) in [4.78, 5) is 0. The maximum atomic E-state index is 9.78. The van der Waals surface area contributed by atoms with Crippen LogP contribution < -0.4 is 0 Å². The SMILES string of the molecule is CCCC(OC)C(O)c1ccco1. The van der Waals surface area contributed by atoms with Gasteiger partial charge in [0, 0.05) is 7.11 Å². The van der Waals surface area contributed by atoms with Gasteiger partial charge in [0.2, 0.25) is 0 Å². The summed E-state index contributed by atoms with van der Waals surface area (Å²) in [5.41, 5.74) is 0. The first kappa shape index (κ1) is 10.3. The van der Waals surface area contributed by atoms with Crippen molar-refractivity contribution in [1.82, 2.24) is 0 Å². The lowest BCUT2D eigenvalue weighted by Gasteiger charge is -2.18. The summed E-state index contributed by atoms with van der Waals surface area (Å²) in [6.45, 7) is 2.06. The molecule has 1 aromatic rings. The van der Waals surface area contributed by atoms with Crippen LogP contribution in [0.1, 0.15) is 31.6 Å². The highest BCUT2D eigenvalue weighted by Crippen LogP contribution is 2.22. The second-order valence-electron chi connectivity index (χ2n) is 3.02. The van der Waals surface area contributed by atoms with Crippen molar-refractivity contribution in [2.45, 2.75) is 32.0 Å². The fourth-order valence-corrected chi connectivity index (χ4v) is 1.33. The first-order chi connectivity index (χ1) is 6.29. The van der Waals surface area contributed by atoms with E-state index in [1.165, 1.54) is 0 Å². The quantitative estimate of drug-likeness (QED) is 0.762. The molecule has 13 heavy (non-hydrogen) atoms. The molecule has 2 atom stereocenters. The van der Waals surface area contributed by atoms with Crippen molar-refractivity contribution in [2.75, 3.05) is 7.11 Å². The summed E-state index contributed by atoms with van der Waals surface area (Å²) in [5, 5.41) is 9.78. The van der Waals surface area contributed by atoms with Gasteiger partial charge in [-0.15, -0.1) is 0 Å². The molecule has 0 bridgehead atoms. The van der Waals surface area contributed by atoms with Gasteiger partial charge in [-0.25, -0.2) is 0 Å². The van der Waals surface area contributed by atoms with E-state index in [0.29, 0.717) is 5.76 Å². The molecule has 0 aliphatic heterocycles. The molecule has 0 aromatic carbocycles. The summed E-state index contributed by atoms with van der Waals surface area (Å²) in [6.07, 6.45) is 2.54. The van der Waals surface area contributed by atoms with Crippen molar-refractivity contribution in [3.8, 4) is 0 Å². The predicted molar refractivity (Wildman–Crippen MR) is 49.4 cm³/mol. The number of rotatable bonds is 5. The Balaban J connectivity index is 2.58. The van der Waals surface area contributed by atoms with E-state index in [4.69, 9.17) is 9.15 Å². The van der Waals surface area contributed by atoms with Crippen LogP contribution in [-0.2, 0) is 4.74 Å². The van der Waals surface area contributed by atoms with Crippen LogP contribution in [0.3, 0.4) is 0 Å². The van der Waals surface area contributed by atoms with Gasteiger partial charge in [-0.05, 0) is 18.6 Å². The summed E-state index contributed by atoms with van der Waals surface area (Å²) in [6, 6.07) is 3.52. The molecule has 0 saturated heterocycles. The lowest BCUT2D eigenvalue weighted by Crippen LogP contribution is -2.20. The smallest absolute Gasteiger partial charge is 0.138 e. The zero-order valence-corrected chi connectivity index (χ0v) is 8.06. The molecule has 3 nitrogen and oxygen atoms in total. The third-order valence-corrected chi connectivity index (χ3v) is 2.06. The van der Waals surface area contributed by atoms with E-state index in [-0.39, 0.29) is 6.10 Å². The van der Waals surface area contributed by atoms with Gasteiger partial charge in [-0.3, -0.25) is 0 Å². The topological polar surface area (TPSA) is 42.6 Å². The normalized spacial score (nSPS) is 15.6. The fourth-order valence-electron chi connectivity index (χ4n) is 1.33. The molecule has 0 aliphatic carbocycles. The van der Waals surface area contributed by atoms with Crippen molar-refractivity contribution < 1.29 is 14.3 Å². The molecule has 0 radical (unpaired) electrons. The average Bonchev–Trinajstić information content (AvgIpc) is 2.65. The molecule has 1 N–H and O–H groups in total. The molecule has 0 aliphatic rings. The highest BCUT2D eigenvalue weighted by Gasteiger charge is 2.21. The zero-order valence-electron chi connectivity index (χ0n) is 8.06. The van der Waals surface area contributed by atoms with Crippen molar-refractivity contribution in [3.63, 3.8) is 0 Å². The third-order valence-electron chi connectivity index (χ3n) is 2.06. The number of aliphatic hydroxyl groups excluding tert-OH is 1. The average molecular weight is 184 g/mol. The van der Waals surface area contributed by atoms with E-state index in [1.54, 1.807) is 25.5 Å². The molecule has 2 unspecified atom stereocenters. The largest absolute Gasteiger partial charge is 0.466 e. The molecule has 0 amide bonds. The van der Waals surface area contributed by atoms with E-state index >= 15 is 0 Å². The molecule has 3 heteroatoms. The van der Waals surface area contributed by atoms with Crippen molar-refractivity contribution in [2.24, 2.45) is 0 Å². The van der Waals surface area contributed by atoms with Crippen LogP contribution >= 0.6 is 0 Å². The highest BCUT2D eigenvalue weighted by molar-refractivity contribution is 5.03. The number of hydrogen-bond donors (Lipinski definition) is 1. The molecular formula is C10H16O3. The van der Waals surface area contributed by atoms with E-state index in [2.05, 4.69) is 6.92 Å². The molecule has 1 aromatic heterocycles. The Morgan fingerprint density at radius 1 is 1.62 bits per heavy atom.